The maximum atomic E-state index is 16.2. The number of esters is 6. The minimum Gasteiger partial charge on any atom is -0.504 e. The summed E-state index contributed by atoms with van der Waals surface area (Å²) in [6.07, 6.45) is -19.6. The molecule has 1 saturated carbocycles. The molecule has 13 atom stereocenters. The lowest BCUT2D eigenvalue weighted by atomic mass is 9.47. The van der Waals surface area contributed by atoms with Gasteiger partial charge in [-0.05, 0) is 30.3 Å². The van der Waals surface area contributed by atoms with E-state index in [2.05, 4.69) is 0 Å². The van der Waals surface area contributed by atoms with Crippen LogP contribution in [0.1, 0.15) is 59.3 Å². The summed E-state index contributed by atoms with van der Waals surface area (Å²) >= 11 is 0. The highest BCUT2D eigenvalue weighted by Gasteiger charge is 2.97. The molecule has 32 nitrogen and oxygen atoms in total. The van der Waals surface area contributed by atoms with Crippen LogP contribution in [0.3, 0.4) is 0 Å². The lowest BCUT2D eigenvalue weighted by Gasteiger charge is -2.64. The normalized spacial score (nSPS) is 34.6. The molecule has 414 valence electrons. The second-order valence-electron chi connectivity index (χ2n) is 19.2. The van der Waals surface area contributed by atoms with Gasteiger partial charge in [0.15, 0.2) is 75.8 Å². The third kappa shape index (κ3) is 6.05. The molecule has 2 spiro atoms. The van der Waals surface area contributed by atoms with E-state index in [1.54, 1.807) is 0 Å². The van der Waals surface area contributed by atoms with Gasteiger partial charge in [-0.3, -0.25) is 9.59 Å². The van der Waals surface area contributed by atoms with E-state index in [9.17, 15) is 101 Å². The fraction of sp³-hybridized carbons (Fsp3) is 0.340. The summed E-state index contributed by atoms with van der Waals surface area (Å²) in [5.74, 6) is -44.1. The Bertz CT molecular complexity index is 3530. The molecule has 6 fully saturated rings. The number of hydrogen-bond donors (Lipinski definition) is 15. The minimum absolute atomic E-state index is 0.356. The van der Waals surface area contributed by atoms with Crippen molar-refractivity contribution in [3.05, 3.63) is 58.1 Å². The standard InChI is InChI=1S/C47H34O32/c48-14-1-9(2-15(49)25(14)56)36(61)77-40-33-32-30(19(72-40)8-70-37(62)11-4-16(50)26(57)28(59)21(11)10-3-13(39(64)73-32)24(55)29(60)23(10)54)75-41(65)43-6-20(53)45(67,79-44(43)42(66)76-35-18(52)7-71-47(35,44)69)46(68)34(43)22-12(38(63)74-33)5-17(51)27(58)31(22)78-46/h1-5,18-19,30,32-35,40,48-52,54-60,67-69H,6-8H2. The predicted molar refractivity (Wildman–Crippen MR) is 232 cm³/mol. The van der Waals surface area contributed by atoms with Crippen LogP contribution in [0.5, 0.6) is 69.0 Å². The van der Waals surface area contributed by atoms with Crippen LogP contribution in [0, 0.1) is 5.41 Å². The molecule has 0 amide bonds. The lowest BCUT2D eigenvalue weighted by molar-refractivity contribution is -0.459. The molecule has 8 aliphatic heterocycles. The Kier molecular flexibility index (Phi) is 10.2. The monoisotopic (exact) mass is 1110 g/mol. The highest BCUT2D eigenvalue weighted by Crippen LogP contribution is 2.76. The molecule has 0 radical (unpaired) electrons. The van der Waals surface area contributed by atoms with Crippen LogP contribution >= 0.6 is 0 Å². The first-order chi connectivity index (χ1) is 37.1. The average Bonchev–Trinajstić information content (AvgIpc) is 1.63. The summed E-state index contributed by atoms with van der Waals surface area (Å²) in [4.78, 5) is 104. The molecule has 5 saturated heterocycles. The van der Waals surface area contributed by atoms with E-state index in [0.717, 1.165) is 0 Å². The minimum atomic E-state index is -4.05. The zero-order valence-corrected chi connectivity index (χ0v) is 38.8. The van der Waals surface area contributed by atoms with Crippen LogP contribution in [0.25, 0.3) is 11.1 Å². The van der Waals surface area contributed by atoms with Gasteiger partial charge in [-0.15, -0.1) is 0 Å². The van der Waals surface area contributed by atoms with Gasteiger partial charge < -0.3 is 124 Å². The Labute approximate surface area is 433 Å². The fourth-order valence-corrected chi connectivity index (χ4v) is 11.6. The van der Waals surface area contributed by atoms with Crippen LogP contribution in [-0.2, 0) is 57.0 Å². The summed E-state index contributed by atoms with van der Waals surface area (Å²) < 4.78 is 56.9. The number of ether oxygens (including phenoxy) is 10. The quantitative estimate of drug-likeness (QED) is 0.0545. The van der Waals surface area contributed by atoms with E-state index < -0.39 is 246 Å². The molecule has 0 aromatic heterocycles. The van der Waals surface area contributed by atoms with E-state index in [1.165, 1.54) is 0 Å². The van der Waals surface area contributed by atoms with Crippen LogP contribution in [0.4, 0.5) is 0 Å². The molecule has 4 aromatic rings. The van der Waals surface area contributed by atoms with Crippen molar-refractivity contribution in [1.82, 2.24) is 0 Å². The molecule has 15 N–H and O–H groups in total. The number of phenolic OH excluding ortho intramolecular Hbond substituents is 11. The molecule has 8 bridgehead atoms. The molecule has 9 aliphatic rings. The largest absolute Gasteiger partial charge is 0.504 e. The van der Waals surface area contributed by atoms with Gasteiger partial charge in [0, 0.05) is 23.1 Å². The number of rotatable bonds is 2. The van der Waals surface area contributed by atoms with Crippen molar-refractivity contribution in [3.8, 4) is 80.1 Å². The molecular formula is C47H34O32. The van der Waals surface area contributed by atoms with Crippen molar-refractivity contribution in [2.75, 3.05) is 13.2 Å². The number of Topliss-reactive ketones (excluding diaryl/α,β-unsaturated/α-hetero) is 1. The number of carbonyl (C=O) groups is 7. The van der Waals surface area contributed by atoms with Crippen molar-refractivity contribution in [3.63, 3.8) is 0 Å². The third-order valence-electron chi connectivity index (χ3n) is 15.2. The summed E-state index contributed by atoms with van der Waals surface area (Å²) in [5, 5.41) is 167. The number of ketones is 1. The molecule has 1 aliphatic carbocycles. The van der Waals surface area contributed by atoms with Crippen molar-refractivity contribution >= 4 is 41.6 Å². The SMILES string of the molecule is O=C(OC1OC2COC(=O)c3cc(O)c(O)c(O)c3-c3cc(c(O)c(O)c3O)C(=O)OC3C2OC(=O)C24CC(=O)C(O)(OC25C(=O)OC2C(O)COC25O)C2(O)Oc5c(O)c(O)cc(c5C24)C(=O)OC13)c1cc(O)c(O)c(O)c1. The van der Waals surface area contributed by atoms with Gasteiger partial charge in [-0.25, -0.2) is 24.0 Å². The first-order valence-electron chi connectivity index (χ1n) is 22.8. The first-order valence-corrected chi connectivity index (χ1v) is 22.8. The highest BCUT2D eigenvalue weighted by atomic mass is 16.8. The number of hydrogen-bond acceptors (Lipinski definition) is 32. The third-order valence-corrected chi connectivity index (χ3v) is 15.2. The van der Waals surface area contributed by atoms with Gasteiger partial charge in [-0.1, -0.05) is 0 Å². The maximum Gasteiger partial charge on any atom is 0.346 e. The van der Waals surface area contributed by atoms with Crippen LogP contribution in [0.2, 0.25) is 0 Å². The summed E-state index contributed by atoms with van der Waals surface area (Å²) in [6.45, 7) is -2.46. The maximum absolute atomic E-state index is 16.2. The number of benzene rings is 4. The van der Waals surface area contributed by atoms with E-state index in [-0.39, 0.29) is 0 Å². The highest BCUT2D eigenvalue weighted by molar-refractivity contribution is 6.07. The van der Waals surface area contributed by atoms with Gasteiger partial charge in [-0.2, -0.15) is 0 Å². The average molecular weight is 1110 g/mol. The molecule has 4 aromatic carbocycles. The number of aliphatic hydroxyl groups is 4. The summed E-state index contributed by atoms with van der Waals surface area (Å²) in [6, 6.07) is 2.22. The van der Waals surface area contributed by atoms with Gasteiger partial charge in [0.25, 0.3) is 11.6 Å². The van der Waals surface area contributed by atoms with E-state index in [4.69, 9.17) is 47.4 Å². The summed E-state index contributed by atoms with van der Waals surface area (Å²) in [5.41, 5.74) is -15.2. The first kappa shape index (κ1) is 50.5. The van der Waals surface area contributed by atoms with Gasteiger partial charge in [0.1, 0.15) is 29.8 Å². The molecule has 13 unspecified atom stereocenters. The van der Waals surface area contributed by atoms with E-state index in [0.29, 0.717) is 30.3 Å². The zero-order chi connectivity index (χ0) is 56.9. The Hall–Kier alpha value is -9.31. The fourth-order valence-electron chi connectivity index (χ4n) is 11.6. The van der Waals surface area contributed by atoms with Crippen molar-refractivity contribution < 1.29 is 158 Å². The van der Waals surface area contributed by atoms with Crippen molar-refractivity contribution in [2.24, 2.45) is 5.41 Å². The number of aromatic hydroxyl groups is 11. The molecular weight excluding hydrogens is 1080 g/mol. The Balaban J connectivity index is 1.13. The lowest BCUT2D eigenvalue weighted by Crippen LogP contribution is -2.88. The van der Waals surface area contributed by atoms with E-state index >= 15 is 9.59 Å². The number of carbonyl (C=O) groups excluding carboxylic acids is 7. The number of phenols is 11. The topological polar surface area (TPSA) is 515 Å². The second-order valence-corrected chi connectivity index (χ2v) is 19.2. The number of fused-ring (bicyclic) bond motifs is 6. The van der Waals surface area contributed by atoms with Gasteiger partial charge in [0.05, 0.1) is 29.2 Å². The number of aliphatic hydroxyl groups excluding tert-OH is 1. The molecule has 79 heavy (non-hydrogen) atoms. The summed E-state index contributed by atoms with van der Waals surface area (Å²) in [7, 11) is 0. The Morgan fingerprint density at radius 1 is 0.582 bits per heavy atom. The van der Waals surface area contributed by atoms with Crippen LogP contribution < -0.4 is 4.74 Å². The number of cyclic esters (lactones) is 1. The van der Waals surface area contributed by atoms with Crippen molar-refractivity contribution in [2.45, 2.75) is 78.2 Å². The molecule has 32 heteroatoms. The Morgan fingerprint density at radius 3 is 1.90 bits per heavy atom. The zero-order valence-electron chi connectivity index (χ0n) is 38.8. The second kappa shape index (κ2) is 15.9. The van der Waals surface area contributed by atoms with E-state index in [1.807, 2.05) is 0 Å². The molecule has 13 rings (SSSR count). The van der Waals surface area contributed by atoms with Gasteiger partial charge >= 0.3 is 35.8 Å². The Morgan fingerprint density at radius 2 is 1.20 bits per heavy atom. The smallest absolute Gasteiger partial charge is 0.346 e. The van der Waals surface area contributed by atoms with Crippen LogP contribution in [-0.4, -0.2) is 197 Å². The molecule has 8 heterocycles. The van der Waals surface area contributed by atoms with Crippen molar-refractivity contribution in [1.29, 1.82) is 0 Å². The predicted octanol–water partition coefficient (Wildman–Crippen LogP) is -2.87. The van der Waals surface area contributed by atoms with Crippen LogP contribution in [0.15, 0.2) is 30.3 Å². The van der Waals surface area contributed by atoms with Gasteiger partial charge in [0.2, 0.25) is 41.0 Å².